The summed E-state index contributed by atoms with van der Waals surface area (Å²) in [6.45, 7) is 3.41. The minimum absolute atomic E-state index is 0.0872. The third-order valence-electron chi connectivity index (χ3n) is 5.10. The van der Waals surface area contributed by atoms with Gasteiger partial charge in [0.2, 0.25) is 0 Å². The molecule has 1 aliphatic heterocycles. The molecule has 0 aromatic heterocycles. The molecule has 1 heterocycles. The van der Waals surface area contributed by atoms with Crippen molar-refractivity contribution in [3.8, 4) is 0 Å². The van der Waals surface area contributed by atoms with Crippen LogP contribution in [0, 0.1) is 5.82 Å². The maximum absolute atomic E-state index is 13.2. The normalized spacial score (nSPS) is 15.0. The van der Waals surface area contributed by atoms with E-state index >= 15 is 0 Å². The Kier molecular flexibility index (Phi) is 5.46. The first-order valence-electron chi connectivity index (χ1n) is 9.30. The number of halogens is 2. The zero-order valence-corrected chi connectivity index (χ0v) is 16.1. The van der Waals surface area contributed by atoms with Crippen LogP contribution in [-0.4, -0.2) is 42.0 Å². The number of benzene rings is 3. The van der Waals surface area contributed by atoms with Gasteiger partial charge >= 0.3 is 6.03 Å². The quantitative estimate of drug-likeness (QED) is 0.676. The highest BCUT2D eigenvalue weighted by Gasteiger charge is 2.22. The lowest BCUT2D eigenvalue weighted by Gasteiger charge is -2.34. The van der Waals surface area contributed by atoms with Crippen molar-refractivity contribution in [1.29, 1.82) is 0 Å². The van der Waals surface area contributed by atoms with Crippen LogP contribution in [-0.2, 0) is 6.54 Å². The van der Waals surface area contributed by atoms with Gasteiger partial charge in [0.05, 0.1) is 5.69 Å². The summed E-state index contributed by atoms with van der Waals surface area (Å²) in [5.74, 6) is -0.330. The highest BCUT2D eigenvalue weighted by atomic mass is 35.5. The Balaban J connectivity index is 1.36. The molecule has 0 bridgehead atoms. The fourth-order valence-electron chi connectivity index (χ4n) is 3.53. The molecule has 0 unspecified atom stereocenters. The van der Waals surface area contributed by atoms with E-state index in [0.717, 1.165) is 35.1 Å². The third-order valence-corrected chi connectivity index (χ3v) is 5.45. The second-order valence-electron chi connectivity index (χ2n) is 6.96. The number of nitrogens with zero attached hydrogens (tertiary/aromatic N) is 2. The van der Waals surface area contributed by atoms with Crippen molar-refractivity contribution in [3.05, 3.63) is 77.1 Å². The number of amides is 2. The summed E-state index contributed by atoms with van der Waals surface area (Å²) in [7, 11) is 0. The Morgan fingerprint density at radius 2 is 1.75 bits per heavy atom. The van der Waals surface area contributed by atoms with Gasteiger partial charge in [0, 0.05) is 43.1 Å². The molecular formula is C22H21ClFN3O. The average Bonchev–Trinajstić information content (AvgIpc) is 2.71. The Hall–Kier alpha value is -2.63. The molecule has 1 fully saturated rings. The number of carbonyl (C=O) groups excluding carboxylic acids is 1. The SMILES string of the molecule is O=C(Nc1cccc2ccccc12)N1CCN(Cc2ccc(F)cc2Cl)CC1. The minimum Gasteiger partial charge on any atom is -0.322 e. The van der Waals surface area contributed by atoms with Crippen LogP contribution in [0.2, 0.25) is 5.02 Å². The van der Waals surface area contributed by atoms with Gasteiger partial charge in [-0.05, 0) is 29.1 Å². The Bertz CT molecular complexity index is 997. The van der Waals surface area contributed by atoms with Crippen LogP contribution < -0.4 is 5.32 Å². The molecule has 1 N–H and O–H groups in total. The number of carbonyl (C=O) groups is 1. The van der Waals surface area contributed by atoms with Gasteiger partial charge in [0.25, 0.3) is 0 Å². The average molecular weight is 398 g/mol. The number of anilines is 1. The van der Waals surface area contributed by atoms with Crippen molar-refractivity contribution < 1.29 is 9.18 Å². The number of hydrogen-bond donors (Lipinski definition) is 1. The second-order valence-corrected chi connectivity index (χ2v) is 7.36. The monoisotopic (exact) mass is 397 g/mol. The van der Waals surface area contributed by atoms with Crippen LogP contribution in [0.25, 0.3) is 10.8 Å². The van der Waals surface area contributed by atoms with Crippen molar-refractivity contribution in [2.24, 2.45) is 0 Å². The summed E-state index contributed by atoms with van der Waals surface area (Å²) in [4.78, 5) is 16.7. The molecule has 2 amide bonds. The summed E-state index contributed by atoms with van der Waals surface area (Å²) < 4.78 is 13.2. The smallest absolute Gasteiger partial charge is 0.321 e. The molecule has 4 nitrogen and oxygen atoms in total. The molecular weight excluding hydrogens is 377 g/mol. The Labute approximate surface area is 168 Å². The van der Waals surface area contributed by atoms with Crippen molar-refractivity contribution in [1.82, 2.24) is 9.80 Å². The van der Waals surface area contributed by atoms with Gasteiger partial charge in [-0.25, -0.2) is 9.18 Å². The molecule has 3 aromatic carbocycles. The highest BCUT2D eigenvalue weighted by molar-refractivity contribution is 6.31. The van der Waals surface area contributed by atoms with Crippen LogP contribution in [0.15, 0.2) is 60.7 Å². The standard InChI is InChI=1S/C22H21ClFN3O/c23-20-14-18(24)9-8-17(20)15-26-10-12-27(13-11-26)22(28)25-21-7-3-5-16-4-1-2-6-19(16)21/h1-9,14H,10-13,15H2,(H,25,28). The summed E-state index contributed by atoms with van der Waals surface area (Å²) >= 11 is 6.12. The number of fused-ring (bicyclic) bond motifs is 1. The number of hydrogen-bond acceptors (Lipinski definition) is 2. The number of nitrogens with one attached hydrogen (secondary N) is 1. The largest absolute Gasteiger partial charge is 0.322 e. The maximum Gasteiger partial charge on any atom is 0.321 e. The molecule has 0 spiro atoms. The van der Waals surface area contributed by atoms with Crippen molar-refractivity contribution >= 4 is 34.1 Å². The predicted octanol–water partition coefficient (Wildman–Crippen LogP) is 4.98. The van der Waals surface area contributed by atoms with E-state index in [0.29, 0.717) is 24.7 Å². The van der Waals surface area contributed by atoms with Gasteiger partial charge in [-0.1, -0.05) is 54.1 Å². The molecule has 4 rings (SSSR count). The van der Waals surface area contributed by atoms with Crippen LogP contribution in [0.4, 0.5) is 14.9 Å². The summed E-state index contributed by atoms with van der Waals surface area (Å²) in [6, 6.07) is 18.3. The van der Waals surface area contributed by atoms with Gasteiger partial charge < -0.3 is 10.2 Å². The Morgan fingerprint density at radius 1 is 1.00 bits per heavy atom. The number of rotatable bonds is 3. The van der Waals surface area contributed by atoms with E-state index in [2.05, 4.69) is 10.2 Å². The molecule has 0 saturated carbocycles. The van der Waals surface area contributed by atoms with Crippen LogP contribution >= 0.6 is 11.6 Å². The maximum atomic E-state index is 13.2. The van der Waals surface area contributed by atoms with E-state index in [1.54, 1.807) is 6.07 Å². The second kappa shape index (κ2) is 8.17. The molecule has 3 aromatic rings. The summed E-state index contributed by atoms with van der Waals surface area (Å²) in [5.41, 5.74) is 1.72. The van der Waals surface area contributed by atoms with Gasteiger partial charge in [-0.2, -0.15) is 0 Å². The lowest BCUT2D eigenvalue weighted by molar-refractivity contribution is 0.143. The molecule has 1 aliphatic rings. The van der Waals surface area contributed by atoms with E-state index in [4.69, 9.17) is 11.6 Å². The van der Waals surface area contributed by atoms with Crippen LogP contribution in [0.3, 0.4) is 0 Å². The van der Waals surface area contributed by atoms with Gasteiger partial charge in [-0.15, -0.1) is 0 Å². The lowest BCUT2D eigenvalue weighted by Crippen LogP contribution is -2.49. The van der Waals surface area contributed by atoms with E-state index in [1.807, 2.05) is 47.4 Å². The van der Waals surface area contributed by atoms with E-state index in [-0.39, 0.29) is 11.8 Å². The van der Waals surface area contributed by atoms with Crippen LogP contribution in [0.1, 0.15) is 5.56 Å². The molecule has 0 atom stereocenters. The molecule has 0 radical (unpaired) electrons. The first kappa shape index (κ1) is 18.7. The topological polar surface area (TPSA) is 35.6 Å². The predicted molar refractivity (Wildman–Crippen MR) is 111 cm³/mol. The molecule has 0 aliphatic carbocycles. The van der Waals surface area contributed by atoms with Gasteiger partial charge in [0.1, 0.15) is 5.82 Å². The zero-order chi connectivity index (χ0) is 19.5. The fourth-order valence-corrected chi connectivity index (χ4v) is 3.76. The fraction of sp³-hybridized carbons (Fsp3) is 0.227. The van der Waals surface area contributed by atoms with Crippen molar-refractivity contribution in [3.63, 3.8) is 0 Å². The van der Waals surface area contributed by atoms with Crippen molar-refractivity contribution in [2.75, 3.05) is 31.5 Å². The van der Waals surface area contributed by atoms with E-state index < -0.39 is 0 Å². The minimum atomic E-state index is -0.330. The third kappa shape index (κ3) is 4.11. The highest BCUT2D eigenvalue weighted by Crippen LogP contribution is 2.24. The molecule has 1 saturated heterocycles. The first-order chi connectivity index (χ1) is 13.6. The van der Waals surface area contributed by atoms with Crippen LogP contribution in [0.5, 0.6) is 0 Å². The first-order valence-corrected chi connectivity index (χ1v) is 9.68. The number of piperazine rings is 1. The number of urea groups is 1. The summed E-state index contributed by atoms with van der Waals surface area (Å²) in [5, 5.41) is 5.61. The van der Waals surface area contributed by atoms with Gasteiger partial charge in [0.15, 0.2) is 0 Å². The van der Waals surface area contributed by atoms with E-state index in [1.165, 1.54) is 12.1 Å². The molecule has 144 valence electrons. The van der Waals surface area contributed by atoms with Crippen molar-refractivity contribution in [2.45, 2.75) is 6.54 Å². The lowest BCUT2D eigenvalue weighted by atomic mass is 10.1. The van der Waals surface area contributed by atoms with E-state index in [9.17, 15) is 9.18 Å². The Morgan fingerprint density at radius 3 is 2.54 bits per heavy atom. The summed E-state index contributed by atoms with van der Waals surface area (Å²) in [6.07, 6.45) is 0. The molecule has 6 heteroatoms. The van der Waals surface area contributed by atoms with Gasteiger partial charge in [-0.3, -0.25) is 4.90 Å². The zero-order valence-electron chi connectivity index (χ0n) is 15.4. The molecule has 28 heavy (non-hydrogen) atoms.